The lowest BCUT2D eigenvalue weighted by atomic mass is 10.1. The molecule has 12 heavy (non-hydrogen) atoms. The highest BCUT2D eigenvalue weighted by Crippen LogP contribution is 1.98. The van der Waals surface area contributed by atoms with E-state index in [0.717, 1.165) is 31.5 Å². The topological polar surface area (TPSA) is 24.8 Å². The summed E-state index contributed by atoms with van der Waals surface area (Å²) in [5.41, 5.74) is 1.16. The highest BCUT2D eigenvalue weighted by atomic mass is 16.6. The molecule has 0 radical (unpaired) electrons. The third-order valence-corrected chi connectivity index (χ3v) is 1.61. The molecular formula is C9H20N2O. The molecule has 0 aliphatic carbocycles. The van der Waals surface area contributed by atoms with Gasteiger partial charge in [-0.15, -0.1) is 0 Å². The second-order valence-corrected chi connectivity index (χ2v) is 3.14. The lowest BCUT2D eigenvalue weighted by Gasteiger charge is -2.09. The lowest BCUT2D eigenvalue weighted by Crippen LogP contribution is -2.16. The zero-order chi connectivity index (χ0) is 9.40. The molecule has 0 aliphatic heterocycles. The summed E-state index contributed by atoms with van der Waals surface area (Å²) in [7, 11) is 5.73. The van der Waals surface area contributed by atoms with E-state index < -0.39 is 0 Å². The van der Waals surface area contributed by atoms with Crippen molar-refractivity contribution in [3.8, 4) is 0 Å². The van der Waals surface area contributed by atoms with Crippen LogP contribution in [0.5, 0.6) is 0 Å². The Morgan fingerprint density at radius 2 is 2.00 bits per heavy atom. The third-order valence-electron chi connectivity index (χ3n) is 1.61. The molecular weight excluding hydrogens is 152 g/mol. The summed E-state index contributed by atoms with van der Waals surface area (Å²) in [6.45, 7) is 3.20. The Hall–Kier alpha value is -0.570. The van der Waals surface area contributed by atoms with Crippen molar-refractivity contribution in [2.75, 3.05) is 27.7 Å². The van der Waals surface area contributed by atoms with E-state index in [1.807, 2.05) is 0 Å². The van der Waals surface area contributed by atoms with Crippen LogP contribution in [-0.2, 0) is 4.84 Å². The van der Waals surface area contributed by atoms with Gasteiger partial charge >= 0.3 is 0 Å². The number of hydrogen-bond acceptors (Lipinski definition) is 3. The first-order valence-corrected chi connectivity index (χ1v) is 4.44. The maximum absolute atomic E-state index is 4.76. The van der Waals surface area contributed by atoms with Crippen molar-refractivity contribution in [3.05, 3.63) is 0 Å². The van der Waals surface area contributed by atoms with E-state index in [0.29, 0.717) is 0 Å². The second kappa shape index (κ2) is 7.10. The van der Waals surface area contributed by atoms with Crippen LogP contribution < -0.4 is 0 Å². The van der Waals surface area contributed by atoms with Crippen LogP contribution in [0.25, 0.3) is 0 Å². The van der Waals surface area contributed by atoms with Crippen molar-refractivity contribution in [2.24, 2.45) is 5.16 Å². The molecule has 0 saturated heterocycles. The Labute approximate surface area is 75.4 Å². The maximum Gasteiger partial charge on any atom is 0.106 e. The molecule has 0 spiro atoms. The van der Waals surface area contributed by atoms with Gasteiger partial charge in [-0.3, -0.25) is 0 Å². The van der Waals surface area contributed by atoms with Gasteiger partial charge in [0.15, 0.2) is 0 Å². The Morgan fingerprint density at radius 3 is 2.42 bits per heavy atom. The monoisotopic (exact) mass is 172 g/mol. The van der Waals surface area contributed by atoms with E-state index in [4.69, 9.17) is 4.84 Å². The Kier molecular flexibility index (Phi) is 6.76. The molecule has 3 nitrogen and oxygen atoms in total. The molecule has 0 rings (SSSR count). The van der Waals surface area contributed by atoms with Gasteiger partial charge in [0.05, 0.1) is 5.71 Å². The molecule has 0 N–H and O–H groups in total. The van der Waals surface area contributed by atoms with Gasteiger partial charge in [-0.25, -0.2) is 0 Å². The summed E-state index contributed by atoms with van der Waals surface area (Å²) in [4.78, 5) is 6.91. The predicted octanol–water partition coefficient (Wildman–Crippen LogP) is 1.74. The molecule has 0 saturated carbocycles. The first-order valence-electron chi connectivity index (χ1n) is 4.44. The van der Waals surface area contributed by atoms with Crippen molar-refractivity contribution < 1.29 is 4.84 Å². The van der Waals surface area contributed by atoms with Gasteiger partial charge in [0.2, 0.25) is 0 Å². The number of oxime groups is 1. The summed E-state index contributed by atoms with van der Waals surface area (Å²) >= 11 is 0. The predicted molar refractivity (Wildman–Crippen MR) is 52.5 cm³/mol. The van der Waals surface area contributed by atoms with E-state index in [-0.39, 0.29) is 0 Å². The van der Waals surface area contributed by atoms with Crippen molar-refractivity contribution >= 4 is 5.71 Å². The standard InChI is InChI=1S/C9H20N2O/c1-5-6-9(10-12-4)7-8-11(2)3/h5-8H2,1-4H3/b10-9-. The van der Waals surface area contributed by atoms with E-state index in [9.17, 15) is 0 Å². The smallest absolute Gasteiger partial charge is 0.106 e. The Morgan fingerprint density at radius 1 is 1.33 bits per heavy atom. The SMILES string of the molecule is CCC/C(CCN(C)C)=N/OC. The lowest BCUT2D eigenvalue weighted by molar-refractivity contribution is 0.211. The largest absolute Gasteiger partial charge is 0.399 e. The highest BCUT2D eigenvalue weighted by molar-refractivity contribution is 5.84. The van der Waals surface area contributed by atoms with Crippen LogP contribution in [0.4, 0.5) is 0 Å². The van der Waals surface area contributed by atoms with Crippen LogP contribution in [0.3, 0.4) is 0 Å². The fourth-order valence-corrected chi connectivity index (χ4v) is 0.987. The summed E-state index contributed by atoms with van der Waals surface area (Å²) < 4.78 is 0. The molecule has 0 bridgehead atoms. The molecule has 0 aromatic rings. The minimum Gasteiger partial charge on any atom is -0.399 e. The van der Waals surface area contributed by atoms with Gasteiger partial charge < -0.3 is 9.74 Å². The first kappa shape index (κ1) is 11.4. The van der Waals surface area contributed by atoms with Gasteiger partial charge in [-0.1, -0.05) is 18.5 Å². The normalized spacial score (nSPS) is 12.2. The van der Waals surface area contributed by atoms with Crippen LogP contribution in [0.2, 0.25) is 0 Å². The van der Waals surface area contributed by atoms with E-state index >= 15 is 0 Å². The van der Waals surface area contributed by atoms with Gasteiger partial charge in [-0.2, -0.15) is 0 Å². The van der Waals surface area contributed by atoms with Crippen LogP contribution >= 0.6 is 0 Å². The summed E-state index contributed by atoms with van der Waals surface area (Å²) in [5.74, 6) is 0. The molecule has 0 fully saturated rings. The minimum atomic E-state index is 1.01. The van der Waals surface area contributed by atoms with Crippen molar-refractivity contribution in [2.45, 2.75) is 26.2 Å². The van der Waals surface area contributed by atoms with Crippen LogP contribution in [0.1, 0.15) is 26.2 Å². The van der Waals surface area contributed by atoms with Gasteiger partial charge in [0.1, 0.15) is 7.11 Å². The Balaban J connectivity index is 3.71. The van der Waals surface area contributed by atoms with Crippen molar-refractivity contribution in [1.82, 2.24) is 4.90 Å². The van der Waals surface area contributed by atoms with Gasteiger partial charge in [0, 0.05) is 13.0 Å². The molecule has 0 amide bonds. The van der Waals surface area contributed by atoms with E-state index in [2.05, 4.69) is 31.1 Å². The third kappa shape index (κ3) is 6.16. The van der Waals surface area contributed by atoms with Gasteiger partial charge in [0.25, 0.3) is 0 Å². The first-order chi connectivity index (χ1) is 5.70. The summed E-state index contributed by atoms with van der Waals surface area (Å²) in [6, 6.07) is 0. The molecule has 72 valence electrons. The summed E-state index contributed by atoms with van der Waals surface area (Å²) in [5, 5.41) is 3.98. The molecule has 0 aliphatic rings. The zero-order valence-corrected chi connectivity index (χ0v) is 8.63. The highest BCUT2D eigenvalue weighted by Gasteiger charge is 1.99. The van der Waals surface area contributed by atoms with Crippen molar-refractivity contribution in [3.63, 3.8) is 0 Å². The molecule has 0 heterocycles. The van der Waals surface area contributed by atoms with Crippen molar-refractivity contribution in [1.29, 1.82) is 0 Å². The fourth-order valence-electron chi connectivity index (χ4n) is 0.987. The fraction of sp³-hybridized carbons (Fsp3) is 0.889. The van der Waals surface area contributed by atoms with E-state index in [1.54, 1.807) is 7.11 Å². The molecule has 0 aromatic heterocycles. The second-order valence-electron chi connectivity index (χ2n) is 3.14. The van der Waals surface area contributed by atoms with Crippen LogP contribution in [0.15, 0.2) is 5.16 Å². The number of hydrogen-bond donors (Lipinski definition) is 0. The summed E-state index contributed by atoms with van der Waals surface area (Å²) in [6.07, 6.45) is 3.19. The molecule has 0 aromatic carbocycles. The number of rotatable bonds is 6. The average molecular weight is 172 g/mol. The number of nitrogens with zero attached hydrogens (tertiary/aromatic N) is 2. The maximum atomic E-state index is 4.76. The minimum absolute atomic E-state index is 1.01. The molecule has 0 unspecified atom stereocenters. The van der Waals surface area contributed by atoms with E-state index in [1.165, 1.54) is 0 Å². The van der Waals surface area contributed by atoms with Gasteiger partial charge in [-0.05, 0) is 20.5 Å². The zero-order valence-electron chi connectivity index (χ0n) is 8.63. The molecule has 0 atom stereocenters. The Bertz CT molecular complexity index is 132. The van der Waals surface area contributed by atoms with Crippen LogP contribution in [-0.4, -0.2) is 38.4 Å². The van der Waals surface area contributed by atoms with Crippen LogP contribution in [0, 0.1) is 0 Å². The molecule has 3 heteroatoms. The average Bonchev–Trinajstić information content (AvgIpc) is 2.01. The quantitative estimate of drug-likeness (QED) is 0.450.